The van der Waals surface area contributed by atoms with Gasteiger partial charge in [-0.15, -0.1) is 11.3 Å². The monoisotopic (exact) mass is 752 g/mol. The summed E-state index contributed by atoms with van der Waals surface area (Å²) in [5.74, 6) is -1.04. The molecule has 0 unspecified atom stereocenters. The van der Waals surface area contributed by atoms with E-state index in [1.165, 1.54) is 30.3 Å². The molecule has 1 aliphatic heterocycles. The van der Waals surface area contributed by atoms with Crippen molar-refractivity contribution in [2.24, 2.45) is 11.3 Å². The Morgan fingerprint density at radius 2 is 1.72 bits per heavy atom. The molecule has 0 bridgehead atoms. The van der Waals surface area contributed by atoms with Gasteiger partial charge in [-0.05, 0) is 50.7 Å². The van der Waals surface area contributed by atoms with Crippen LogP contribution in [0.15, 0.2) is 29.6 Å². The molecule has 0 spiro atoms. The number of nitrogens with zero attached hydrogens (tertiary/aromatic N) is 3. The zero-order chi connectivity index (χ0) is 39.0. The number of alkyl carbamates (subject to hydrolysis) is 1. The van der Waals surface area contributed by atoms with Crippen molar-refractivity contribution < 1.29 is 42.9 Å². The van der Waals surface area contributed by atoms with Gasteiger partial charge >= 0.3 is 12.1 Å². The van der Waals surface area contributed by atoms with E-state index in [4.69, 9.17) is 23.9 Å². The quantitative estimate of drug-likeness (QED) is 0.244. The van der Waals surface area contributed by atoms with Crippen molar-refractivity contribution >= 4 is 57.2 Å². The molecule has 1 saturated heterocycles. The number of ether oxygens (including phenoxy) is 4. The van der Waals surface area contributed by atoms with Crippen LogP contribution in [-0.4, -0.2) is 94.7 Å². The van der Waals surface area contributed by atoms with Crippen LogP contribution < -0.4 is 25.4 Å². The fraction of sp³-hybridized carbons (Fsp3) is 0.541. The Labute approximate surface area is 312 Å². The third kappa shape index (κ3) is 8.80. The van der Waals surface area contributed by atoms with Crippen LogP contribution in [-0.2, 0) is 28.7 Å². The van der Waals surface area contributed by atoms with E-state index in [9.17, 15) is 24.0 Å². The van der Waals surface area contributed by atoms with Crippen LogP contribution in [0, 0.1) is 11.3 Å². The molecule has 53 heavy (non-hydrogen) atoms. The van der Waals surface area contributed by atoms with Gasteiger partial charge in [0, 0.05) is 36.2 Å². The Bertz CT molecular complexity index is 1920. The molecule has 15 nitrogen and oxygen atoms in total. The number of likely N-dealkylation sites (tertiary alicyclic amines) is 1. The minimum absolute atomic E-state index is 0.0149. The number of fused-ring (bicyclic) bond motifs is 1. The van der Waals surface area contributed by atoms with E-state index in [1.54, 1.807) is 78.3 Å². The van der Waals surface area contributed by atoms with Gasteiger partial charge in [-0.3, -0.25) is 14.4 Å². The SMILES string of the molecule is COC(=O)[C@@]1(NC(=O)[C@@H]2C[C@@H](Oc3cc(-c4csc(NC(C)=O)n4)nc4cc(OC)ccc34)CN2C(=O)[C@@H](NC(=O)OC(C)(C)C)C(C)(C)C)C[C@@H]1C. The summed E-state index contributed by atoms with van der Waals surface area (Å²) >= 11 is 1.25. The van der Waals surface area contributed by atoms with Gasteiger partial charge in [0.25, 0.3) is 0 Å². The molecule has 2 aromatic heterocycles. The number of pyridine rings is 1. The lowest BCUT2D eigenvalue weighted by Gasteiger charge is -2.36. The lowest BCUT2D eigenvalue weighted by molar-refractivity contribution is -0.148. The van der Waals surface area contributed by atoms with Gasteiger partial charge in [0.15, 0.2) is 5.13 Å². The zero-order valence-electron chi connectivity index (χ0n) is 31.7. The molecule has 16 heteroatoms. The number of esters is 1. The molecular weight excluding hydrogens is 705 g/mol. The van der Waals surface area contributed by atoms with E-state index in [-0.39, 0.29) is 24.8 Å². The number of anilines is 1. The van der Waals surface area contributed by atoms with Gasteiger partial charge in [-0.2, -0.15) is 0 Å². The first-order chi connectivity index (χ1) is 24.7. The van der Waals surface area contributed by atoms with Crippen LogP contribution >= 0.6 is 11.3 Å². The smallest absolute Gasteiger partial charge is 0.408 e. The summed E-state index contributed by atoms with van der Waals surface area (Å²) in [6.45, 7) is 13.8. The number of thiazole rings is 1. The normalized spacial score (nSPS) is 21.7. The summed E-state index contributed by atoms with van der Waals surface area (Å²) in [5, 5.41) is 11.1. The molecule has 3 aromatic rings. The Kier molecular flexibility index (Phi) is 11.0. The Hall–Kier alpha value is -4.99. The number of methoxy groups -OCH3 is 2. The molecule has 5 rings (SSSR count). The van der Waals surface area contributed by atoms with Crippen molar-refractivity contribution in [2.45, 2.75) is 97.6 Å². The van der Waals surface area contributed by atoms with Gasteiger partial charge < -0.3 is 39.8 Å². The van der Waals surface area contributed by atoms with Crippen LogP contribution in [0.2, 0.25) is 0 Å². The molecule has 0 radical (unpaired) electrons. The molecule has 286 valence electrons. The van der Waals surface area contributed by atoms with E-state index in [2.05, 4.69) is 20.9 Å². The summed E-state index contributed by atoms with van der Waals surface area (Å²) in [5.41, 5.74) is -1.29. The topological polar surface area (TPSA) is 187 Å². The summed E-state index contributed by atoms with van der Waals surface area (Å²) in [6, 6.07) is 4.92. The minimum Gasteiger partial charge on any atom is -0.497 e. The highest BCUT2D eigenvalue weighted by Crippen LogP contribution is 2.44. The van der Waals surface area contributed by atoms with Gasteiger partial charge in [0.1, 0.15) is 46.5 Å². The average Bonchev–Trinajstić information content (AvgIpc) is 3.37. The molecule has 2 fully saturated rings. The molecule has 3 heterocycles. The third-order valence-electron chi connectivity index (χ3n) is 9.15. The maximum atomic E-state index is 14.5. The summed E-state index contributed by atoms with van der Waals surface area (Å²) in [7, 11) is 2.81. The van der Waals surface area contributed by atoms with Crippen molar-refractivity contribution in [1.82, 2.24) is 25.5 Å². The Balaban J connectivity index is 1.51. The Morgan fingerprint density at radius 1 is 1.02 bits per heavy atom. The lowest BCUT2D eigenvalue weighted by Crippen LogP contribution is -2.59. The predicted octanol–water partition coefficient (Wildman–Crippen LogP) is 4.68. The number of amides is 4. The molecule has 1 saturated carbocycles. The average molecular weight is 753 g/mol. The van der Waals surface area contributed by atoms with Gasteiger partial charge in [-0.25, -0.2) is 19.6 Å². The number of benzene rings is 1. The fourth-order valence-corrected chi connectivity index (χ4v) is 7.10. The van der Waals surface area contributed by atoms with Crippen LogP contribution in [0.1, 0.15) is 68.2 Å². The fourth-order valence-electron chi connectivity index (χ4n) is 6.34. The molecule has 3 N–H and O–H groups in total. The van der Waals surface area contributed by atoms with E-state index in [0.29, 0.717) is 45.3 Å². The van der Waals surface area contributed by atoms with Gasteiger partial charge in [0.05, 0.1) is 32.0 Å². The van der Waals surface area contributed by atoms with Crippen LogP contribution in [0.25, 0.3) is 22.3 Å². The van der Waals surface area contributed by atoms with E-state index < -0.39 is 58.6 Å². The largest absolute Gasteiger partial charge is 0.497 e. The van der Waals surface area contributed by atoms with Crippen LogP contribution in [0.5, 0.6) is 11.5 Å². The number of carbonyl (C=O) groups excluding carboxylic acids is 5. The predicted molar refractivity (Wildman–Crippen MR) is 198 cm³/mol. The molecule has 5 atom stereocenters. The highest BCUT2D eigenvalue weighted by molar-refractivity contribution is 7.14. The third-order valence-corrected chi connectivity index (χ3v) is 9.91. The number of hydrogen-bond acceptors (Lipinski definition) is 12. The maximum absolute atomic E-state index is 14.5. The zero-order valence-corrected chi connectivity index (χ0v) is 32.6. The van der Waals surface area contributed by atoms with Gasteiger partial charge in [-0.1, -0.05) is 27.7 Å². The lowest BCUT2D eigenvalue weighted by atomic mass is 9.85. The van der Waals surface area contributed by atoms with E-state index in [1.807, 2.05) is 6.92 Å². The first-order valence-corrected chi connectivity index (χ1v) is 18.2. The van der Waals surface area contributed by atoms with E-state index in [0.717, 1.165) is 0 Å². The van der Waals surface area contributed by atoms with Crippen molar-refractivity contribution in [3.63, 3.8) is 0 Å². The highest BCUT2D eigenvalue weighted by atomic mass is 32.1. The van der Waals surface area contributed by atoms with Crippen LogP contribution in [0.3, 0.4) is 0 Å². The second kappa shape index (κ2) is 14.8. The number of aromatic nitrogens is 2. The number of rotatable bonds is 10. The molecule has 1 aliphatic carbocycles. The number of nitrogens with one attached hydrogen (secondary N) is 3. The standard InChI is InChI=1S/C37H48N6O9S/c1-19-16-37(19,32(47)50-10)42-30(45)27-14-22(17-43(27)31(46)29(35(3,4)5)41-34(48)52-36(6,7)8)51-28-15-25(26-18-53-33(40-26)38-20(2)44)39-24-13-21(49-9)11-12-23(24)28/h11-13,15,18-19,22,27,29H,14,16-17H2,1-10H3,(H,41,48)(H,42,45)(H,38,40,44)/t19-,22+,27-,29+,37+/m0/s1. The van der Waals surface area contributed by atoms with Crippen molar-refractivity contribution in [3.8, 4) is 22.9 Å². The first-order valence-electron chi connectivity index (χ1n) is 17.3. The summed E-state index contributed by atoms with van der Waals surface area (Å²) in [6.07, 6.45) is -1.00. The molecular formula is C37H48N6O9S. The minimum atomic E-state index is -1.20. The highest BCUT2D eigenvalue weighted by Gasteiger charge is 2.61. The Morgan fingerprint density at radius 3 is 2.30 bits per heavy atom. The second-order valence-corrected chi connectivity index (χ2v) is 16.5. The van der Waals surface area contributed by atoms with Crippen molar-refractivity contribution in [2.75, 3.05) is 26.1 Å². The molecule has 4 amide bonds. The van der Waals surface area contributed by atoms with Crippen molar-refractivity contribution in [1.29, 1.82) is 0 Å². The molecule has 2 aliphatic rings. The van der Waals surface area contributed by atoms with E-state index >= 15 is 0 Å². The summed E-state index contributed by atoms with van der Waals surface area (Å²) in [4.78, 5) is 76.7. The maximum Gasteiger partial charge on any atom is 0.408 e. The number of carbonyl (C=O) groups is 5. The van der Waals surface area contributed by atoms with Crippen LogP contribution in [0.4, 0.5) is 9.93 Å². The summed E-state index contributed by atoms with van der Waals surface area (Å²) < 4.78 is 22.6. The van der Waals surface area contributed by atoms with Gasteiger partial charge in [0.2, 0.25) is 17.7 Å². The van der Waals surface area contributed by atoms with Crippen molar-refractivity contribution in [3.05, 3.63) is 29.6 Å². The first kappa shape index (κ1) is 39.2. The second-order valence-electron chi connectivity index (χ2n) is 15.6. The number of hydrogen-bond donors (Lipinski definition) is 3. The molecule has 1 aromatic carbocycles.